The van der Waals surface area contributed by atoms with Crippen molar-refractivity contribution in [1.82, 2.24) is 4.31 Å². The summed E-state index contributed by atoms with van der Waals surface area (Å²) < 4.78 is 27.6. The monoisotopic (exact) mass is 359 g/mol. The van der Waals surface area contributed by atoms with Gasteiger partial charge in [-0.15, -0.1) is 0 Å². The zero-order chi connectivity index (χ0) is 17.4. The molecule has 3 rings (SSSR count). The van der Waals surface area contributed by atoms with Crippen LogP contribution in [0.4, 0.5) is 0 Å². The average molecular weight is 360 g/mol. The maximum absolute atomic E-state index is 13.0. The first-order chi connectivity index (χ1) is 11.3. The highest BCUT2D eigenvalue weighted by molar-refractivity contribution is 7.89. The lowest BCUT2D eigenvalue weighted by Crippen LogP contribution is -2.27. The molecule has 2 aromatic rings. The summed E-state index contributed by atoms with van der Waals surface area (Å²) in [6.07, 6.45) is 0. The average Bonchev–Trinajstić information content (AvgIpc) is 3.31. The molecular weight excluding hydrogens is 334 g/mol. The van der Waals surface area contributed by atoms with E-state index in [1.807, 2.05) is 60.7 Å². The Kier molecular flexibility index (Phi) is 4.68. The third kappa shape index (κ3) is 3.79. The van der Waals surface area contributed by atoms with Gasteiger partial charge in [-0.1, -0.05) is 80.3 Å². The molecule has 0 radical (unpaired) electrons. The molecule has 2 aromatic carbocycles. The van der Waals surface area contributed by atoms with E-state index in [-0.39, 0.29) is 17.8 Å². The van der Waals surface area contributed by atoms with Crippen LogP contribution in [-0.2, 0) is 10.0 Å². The lowest BCUT2D eigenvalue weighted by atomic mass is 10.0. The molecule has 1 aliphatic rings. The summed E-state index contributed by atoms with van der Waals surface area (Å²) in [5.41, 5.74) is 2.14. The van der Waals surface area contributed by atoms with Crippen LogP contribution in [0.2, 0.25) is 25.7 Å². The largest absolute Gasteiger partial charge is 0.215 e. The Morgan fingerprint density at radius 1 is 0.833 bits per heavy atom. The number of hydrogen-bond donors (Lipinski definition) is 0. The fourth-order valence-electron chi connectivity index (χ4n) is 3.06. The molecule has 128 valence electrons. The van der Waals surface area contributed by atoms with E-state index < -0.39 is 18.1 Å². The molecule has 5 heteroatoms. The van der Waals surface area contributed by atoms with Gasteiger partial charge in [0, 0.05) is 8.07 Å². The van der Waals surface area contributed by atoms with Crippen molar-refractivity contribution in [2.24, 2.45) is 0 Å². The van der Waals surface area contributed by atoms with Crippen molar-refractivity contribution in [2.45, 2.75) is 37.8 Å². The van der Waals surface area contributed by atoms with Crippen molar-refractivity contribution >= 4 is 18.1 Å². The van der Waals surface area contributed by atoms with E-state index in [2.05, 4.69) is 19.6 Å². The van der Waals surface area contributed by atoms with Crippen LogP contribution in [0, 0.1) is 0 Å². The van der Waals surface area contributed by atoms with Gasteiger partial charge in [0.1, 0.15) is 0 Å². The molecule has 0 spiro atoms. The van der Waals surface area contributed by atoms with Crippen molar-refractivity contribution in [2.75, 3.05) is 5.75 Å². The Hall–Kier alpha value is -1.43. The summed E-state index contributed by atoms with van der Waals surface area (Å²) >= 11 is 0. The Balaban J connectivity index is 1.89. The van der Waals surface area contributed by atoms with Crippen LogP contribution in [0.1, 0.15) is 23.2 Å². The number of hydrogen-bond acceptors (Lipinski definition) is 2. The van der Waals surface area contributed by atoms with E-state index in [0.29, 0.717) is 0 Å². The minimum atomic E-state index is -3.25. The first-order valence-electron chi connectivity index (χ1n) is 8.41. The van der Waals surface area contributed by atoms with Gasteiger partial charge in [-0.2, -0.15) is 4.31 Å². The van der Waals surface area contributed by atoms with E-state index in [1.54, 1.807) is 4.31 Å². The third-order valence-corrected chi connectivity index (χ3v) is 8.40. The van der Waals surface area contributed by atoms with E-state index in [9.17, 15) is 8.42 Å². The number of sulfonamides is 1. The second-order valence-electron chi connectivity index (χ2n) is 7.67. The maximum Gasteiger partial charge on any atom is 0.215 e. The Labute approximate surface area is 146 Å². The molecule has 0 aliphatic carbocycles. The van der Waals surface area contributed by atoms with Crippen LogP contribution in [0.3, 0.4) is 0 Å². The molecule has 0 bridgehead atoms. The molecule has 24 heavy (non-hydrogen) atoms. The van der Waals surface area contributed by atoms with E-state index in [1.165, 1.54) is 0 Å². The van der Waals surface area contributed by atoms with Gasteiger partial charge >= 0.3 is 0 Å². The first kappa shape index (κ1) is 17.4. The molecule has 3 nitrogen and oxygen atoms in total. The molecule has 0 saturated carbocycles. The van der Waals surface area contributed by atoms with Gasteiger partial charge in [0.15, 0.2) is 0 Å². The molecular formula is C19H25NO2SSi. The van der Waals surface area contributed by atoms with Crippen LogP contribution < -0.4 is 0 Å². The predicted molar refractivity (Wildman–Crippen MR) is 102 cm³/mol. The van der Waals surface area contributed by atoms with Crippen LogP contribution in [0.25, 0.3) is 0 Å². The Morgan fingerprint density at radius 2 is 1.25 bits per heavy atom. The van der Waals surface area contributed by atoms with Gasteiger partial charge in [0.05, 0.1) is 17.8 Å². The Morgan fingerprint density at radius 3 is 1.62 bits per heavy atom. The van der Waals surface area contributed by atoms with Gasteiger partial charge in [-0.25, -0.2) is 8.42 Å². The zero-order valence-electron chi connectivity index (χ0n) is 14.5. The highest BCUT2D eigenvalue weighted by Crippen LogP contribution is 2.56. The minimum Gasteiger partial charge on any atom is -0.212 e. The fraction of sp³-hybridized carbons (Fsp3) is 0.368. The van der Waals surface area contributed by atoms with Crippen LogP contribution >= 0.6 is 0 Å². The van der Waals surface area contributed by atoms with Gasteiger partial charge in [-0.3, -0.25) is 0 Å². The van der Waals surface area contributed by atoms with Crippen molar-refractivity contribution in [3.05, 3.63) is 71.8 Å². The Bertz CT molecular complexity index is 740. The van der Waals surface area contributed by atoms with Crippen molar-refractivity contribution in [3.63, 3.8) is 0 Å². The molecule has 0 amide bonds. The summed E-state index contributed by atoms with van der Waals surface area (Å²) in [7, 11) is -4.64. The van der Waals surface area contributed by atoms with Crippen LogP contribution in [-0.4, -0.2) is 26.5 Å². The number of benzene rings is 2. The second-order valence-corrected chi connectivity index (χ2v) is 15.3. The van der Waals surface area contributed by atoms with E-state index in [4.69, 9.17) is 0 Å². The molecule has 3 atom stereocenters. The predicted octanol–water partition coefficient (Wildman–Crippen LogP) is 4.45. The SMILES string of the molecule is C[Si](C)(C)CCS(=O)(=O)N1[C@H](c2ccccc2)[C@@H]1c1ccccc1. The molecule has 0 aromatic heterocycles. The molecule has 1 unspecified atom stereocenters. The second kappa shape index (κ2) is 6.46. The summed E-state index contributed by atoms with van der Waals surface area (Å²) in [5, 5.41) is 0. The number of nitrogens with zero attached hydrogens (tertiary/aromatic N) is 1. The molecule has 1 aliphatic heterocycles. The van der Waals surface area contributed by atoms with Crippen molar-refractivity contribution < 1.29 is 8.42 Å². The van der Waals surface area contributed by atoms with E-state index >= 15 is 0 Å². The van der Waals surface area contributed by atoms with E-state index in [0.717, 1.165) is 17.2 Å². The molecule has 1 saturated heterocycles. The normalized spacial score (nSPS) is 23.9. The van der Waals surface area contributed by atoms with Crippen molar-refractivity contribution in [1.29, 1.82) is 0 Å². The molecule has 1 heterocycles. The highest BCUT2D eigenvalue weighted by Gasteiger charge is 2.56. The van der Waals surface area contributed by atoms with Gasteiger partial charge in [0.2, 0.25) is 10.0 Å². The summed E-state index contributed by atoms with van der Waals surface area (Å²) in [4.78, 5) is 0. The lowest BCUT2D eigenvalue weighted by molar-refractivity contribution is 0.548. The summed E-state index contributed by atoms with van der Waals surface area (Å²) in [5.74, 6) is 0.259. The third-order valence-electron chi connectivity index (χ3n) is 4.47. The highest BCUT2D eigenvalue weighted by atomic mass is 32.2. The standard InChI is InChI=1S/C19H25NO2SSi/c1-24(2,3)15-14-23(21,22)20-18(16-10-6-4-7-11-16)19(20)17-12-8-5-9-13-17/h4-13,18-19H,14-15H2,1-3H3/t18-,19+,20?. The molecule has 0 N–H and O–H groups in total. The van der Waals surface area contributed by atoms with Gasteiger partial charge in [-0.05, 0) is 17.2 Å². The van der Waals surface area contributed by atoms with Crippen LogP contribution in [0.5, 0.6) is 0 Å². The number of rotatable bonds is 6. The minimum absolute atomic E-state index is 0.0692. The summed E-state index contributed by atoms with van der Waals surface area (Å²) in [6.45, 7) is 6.65. The molecule has 1 fully saturated rings. The zero-order valence-corrected chi connectivity index (χ0v) is 16.3. The lowest BCUT2D eigenvalue weighted by Gasteiger charge is -2.16. The van der Waals surface area contributed by atoms with Crippen molar-refractivity contribution in [3.8, 4) is 0 Å². The quantitative estimate of drug-likeness (QED) is 0.564. The smallest absolute Gasteiger partial charge is 0.212 e. The fourth-order valence-corrected chi connectivity index (χ4v) is 7.86. The topological polar surface area (TPSA) is 37.1 Å². The summed E-state index contributed by atoms with van der Waals surface area (Å²) in [6, 6.07) is 20.6. The van der Waals surface area contributed by atoms with Gasteiger partial charge in [0.25, 0.3) is 0 Å². The van der Waals surface area contributed by atoms with Crippen LogP contribution in [0.15, 0.2) is 60.7 Å². The first-order valence-corrected chi connectivity index (χ1v) is 13.7. The van der Waals surface area contributed by atoms with Gasteiger partial charge < -0.3 is 0 Å². The maximum atomic E-state index is 13.0.